The van der Waals surface area contributed by atoms with Gasteiger partial charge in [-0.05, 0) is 44.9 Å². The van der Waals surface area contributed by atoms with Gasteiger partial charge in [-0.3, -0.25) is 0 Å². The van der Waals surface area contributed by atoms with Crippen molar-refractivity contribution in [2.75, 3.05) is 13.1 Å². The van der Waals surface area contributed by atoms with E-state index in [1.807, 2.05) is 0 Å². The maximum absolute atomic E-state index is 2.65. The second-order valence-electron chi connectivity index (χ2n) is 4.70. The van der Waals surface area contributed by atoms with E-state index in [0.717, 1.165) is 0 Å². The van der Waals surface area contributed by atoms with Crippen LogP contribution >= 0.6 is 0 Å². The Kier molecular flexibility index (Phi) is 3.90. The molecule has 0 radical (unpaired) electrons. The lowest BCUT2D eigenvalue weighted by Gasteiger charge is -2.32. The lowest BCUT2D eigenvalue weighted by molar-refractivity contribution is 0.272. The van der Waals surface area contributed by atoms with E-state index >= 15 is 0 Å². The number of hydrogen-bond acceptors (Lipinski definition) is 1. The quantitative estimate of drug-likeness (QED) is 0.613. The van der Waals surface area contributed by atoms with Gasteiger partial charge in [0.15, 0.2) is 0 Å². The van der Waals surface area contributed by atoms with E-state index < -0.39 is 0 Å². The number of piperidine rings is 1. The topological polar surface area (TPSA) is 3.24 Å². The summed E-state index contributed by atoms with van der Waals surface area (Å²) in [5, 5.41) is 0. The zero-order chi connectivity index (χ0) is 9.64. The molecule has 80 valence electrons. The smallest absolute Gasteiger partial charge is 0.0174 e. The van der Waals surface area contributed by atoms with E-state index in [0.29, 0.717) is 0 Å². The molecular formula is C13H23N. The van der Waals surface area contributed by atoms with Crippen molar-refractivity contribution in [1.29, 1.82) is 0 Å². The molecule has 0 bridgehead atoms. The van der Waals surface area contributed by atoms with E-state index in [-0.39, 0.29) is 0 Å². The summed E-state index contributed by atoms with van der Waals surface area (Å²) in [5.41, 5.74) is 1.67. The van der Waals surface area contributed by atoms with Crippen molar-refractivity contribution in [2.24, 2.45) is 0 Å². The Bertz CT molecular complexity index is 189. The van der Waals surface area contributed by atoms with Gasteiger partial charge in [0.2, 0.25) is 0 Å². The van der Waals surface area contributed by atoms with Gasteiger partial charge in [-0.25, -0.2) is 0 Å². The van der Waals surface area contributed by atoms with E-state index in [2.05, 4.69) is 11.0 Å². The predicted molar refractivity (Wildman–Crippen MR) is 61.2 cm³/mol. The number of likely N-dealkylation sites (tertiary alicyclic amines) is 1. The van der Waals surface area contributed by atoms with Crippen molar-refractivity contribution in [2.45, 2.75) is 57.8 Å². The van der Waals surface area contributed by atoms with Crippen LogP contribution in [0.1, 0.15) is 57.8 Å². The molecule has 1 nitrogen and oxygen atoms in total. The molecule has 0 spiro atoms. The Morgan fingerprint density at radius 2 is 1.50 bits per heavy atom. The van der Waals surface area contributed by atoms with Crippen molar-refractivity contribution in [3.05, 3.63) is 11.8 Å². The summed E-state index contributed by atoms with van der Waals surface area (Å²) in [5.74, 6) is 0. The van der Waals surface area contributed by atoms with Crippen LogP contribution in [-0.2, 0) is 0 Å². The summed E-state index contributed by atoms with van der Waals surface area (Å²) >= 11 is 0. The minimum Gasteiger partial charge on any atom is -0.375 e. The van der Waals surface area contributed by atoms with Gasteiger partial charge in [-0.2, -0.15) is 0 Å². The molecule has 1 saturated heterocycles. The average Bonchev–Trinajstić information content (AvgIpc) is 2.18. The summed E-state index contributed by atoms with van der Waals surface area (Å²) in [6.07, 6.45) is 15.2. The largest absolute Gasteiger partial charge is 0.375 e. The molecule has 0 amide bonds. The third-order valence-electron chi connectivity index (χ3n) is 3.53. The van der Waals surface area contributed by atoms with Crippen LogP contribution in [0.3, 0.4) is 0 Å². The third-order valence-corrected chi connectivity index (χ3v) is 3.53. The molecule has 1 fully saturated rings. The van der Waals surface area contributed by atoms with E-state index in [4.69, 9.17) is 0 Å². The molecule has 0 aromatic carbocycles. The van der Waals surface area contributed by atoms with Gasteiger partial charge >= 0.3 is 0 Å². The fourth-order valence-electron chi connectivity index (χ4n) is 2.64. The highest BCUT2D eigenvalue weighted by atomic mass is 15.1. The minimum atomic E-state index is 1.33. The normalized spacial score (nSPS) is 28.9. The van der Waals surface area contributed by atoms with Crippen molar-refractivity contribution in [3.63, 3.8) is 0 Å². The van der Waals surface area contributed by atoms with Crippen LogP contribution in [0.5, 0.6) is 0 Å². The summed E-state index contributed by atoms with van der Waals surface area (Å²) in [7, 11) is 0. The number of rotatable bonds is 1. The fourth-order valence-corrected chi connectivity index (χ4v) is 2.64. The summed E-state index contributed by atoms with van der Waals surface area (Å²) < 4.78 is 0. The number of nitrogens with zero attached hydrogens (tertiary/aromatic N) is 1. The van der Waals surface area contributed by atoms with Crippen molar-refractivity contribution >= 4 is 0 Å². The molecular weight excluding hydrogens is 170 g/mol. The van der Waals surface area contributed by atoms with Crippen LogP contribution < -0.4 is 0 Å². The monoisotopic (exact) mass is 193 g/mol. The molecule has 0 unspecified atom stereocenters. The van der Waals surface area contributed by atoms with E-state index in [9.17, 15) is 0 Å². The minimum absolute atomic E-state index is 1.33. The number of allylic oxidation sites excluding steroid dienone is 2. The molecule has 0 N–H and O–H groups in total. The Labute approximate surface area is 88.2 Å². The van der Waals surface area contributed by atoms with Crippen LogP contribution in [0.4, 0.5) is 0 Å². The lowest BCUT2D eigenvalue weighted by atomic mass is 10.0. The fraction of sp³-hybridized carbons (Fsp3) is 0.846. The molecule has 1 heterocycles. The average molecular weight is 193 g/mol. The predicted octanol–water partition coefficient (Wildman–Crippen LogP) is 3.71. The standard InChI is InChI=1S/C13H23N/c1-2-5-9-13(10-6-3-1)14-11-7-4-8-12-14/h9H,1-8,10-12H2/b13-9+. The van der Waals surface area contributed by atoms with Crippen LogP contribution in [-0.4, -0.2) is 18.0 Å². The summed E-state index contributed by atoms with van der Waals surface area (Å²) in [6, 6.07) is 0. The highest BCUT2D eigenvalue weighted by Gasteiger charge is 2.13. The van der Waals surface area contributed by atoms with Gasteiger partial charge in [0.25, 0.3) is 0 Å². The first-order valence-electron chi connectivity index (χ1n) is 6.41. The highest BCUT2D eigenvalue weighted by Crippen LogP contribution is 2.22. The third kappa shape index (κ3) is 2.76. The maximum atomic E-state index is 2.65. The lowest BCUT2D eigenvalue weighted by Crippen LogP contribution is -2.29. The SMILES string of the molecule is C1=C(/N2CCCCC2)CCCCCC/1. The zero-order valence-electron chi connectivity index (χ0n) is 9.30. The Morgan fingerprint density at radius 1 is 0.786 bits per heavy atom. The molecule has 14 heavy (non-hydrogen) atoms. The molecule has 2 aliphatic rings. The van der Waals surface area contributed by atoms with Gasteiger partial charge in [0.1, 0.15) is 0 Å². The van der Waals surface area contributed by atoms with Gasteiger partial charge in [0.05, 0.1) is 0 Å². The zero-order valence-corrected chi connectivity index (χ0v) is 9.30. The molecule has 0 saturated carbocycles. The number of hydrogen-bond donors (Lipinski definition) is 0. The van der Waals surface area contributed by atoms with Crippen molar-refractivity contribution < 1.29 is 0 Å². The molecule has 1 heteroatoms. The van der Waals surface area contributed by atoms with Crippen LogP contribution in [0.15, 0.2) is 11.8 Å². The van der Waals surface area contributed by atoms with Gasteiger partial charge in [0, 0.05) is 18.8 Å². The molecule has 0 atom stereocenters. The Morgan fingerprint density at radius 3 is 2.36 bits per heavy atom. The van der Waals surface area contributed by atoms with Crippen LogP contribution in [0, 0.1) is 0 Å². The van der Waals surface area contributed by atoms with Crippen molar-refractivity contribution in [1.82, 2.24) is 4.90 Å². The Hall–Kier alpha value is -0.460. The van der Waals surface area contributed by atoms with Gasteiger partial charge in [-0.15, -0.1) is 0 Å². The molecule has 0 aromatic heterocycles. The van der Waals surface area contributed by atoms with Crippen LogP contribution in [0.25, 0.3) is 0 Å². The second kappa shape index (κ2) is 5.43. The van der Waals surface area contributed by atoms with Crippen molar-refractivity contribution in [3.8, 4) is 0 Å². The first-order valence-corrected chi connectivity index (χ1v) is 6.41. The first-order chi connectivity index (χ1) is 6.97. The molecule has 1 aliphatic heterocycles. The summed E-state index contributed by atoms with van der Waals surface area (Å²) in [4.78, 5) is 2.65. The van der Waals surface area contributed by atoms with E-state index in [1.54, 1.807) is 5.70 Å². The molecule has 1 aliphatic carbocycles. The van der Waals surface area contributed by atoms with E-state index in [1.165, 1.54) is 70.9 Å². The summed E-state index contributed by atoms with van der Waals surface area (Å²) in [6.45, 7) is 2.65. The highest BCUT2D eigenvalue weighted by molar-refractivity contribution is 5.03. The van der Waals surface area contributed by atoms with Crippen LogP contribution in [0.2, 0.25) is 0 Å². The maximum Gasteiger partial charge on any atom is 0.0174 e. The molecule has 2 rings (SSSR count). The molecule has 0 aromatic rings. The second-order valence-corrected chi connectivity index (χ2v) is 4.70. The van der Waals surface area contributed by atoms with Gasteiger partial charge in [-0.1, -0.05) is 18.9 Å². The van der Waals surface area contributed by atoms with Gasteiger partial charge < -0.3 is 4.90 Å². The first kappa shape index (κ1) is 10.1. The Balaban J connectivity index is 1.91.